The molecule has 0 spiro atoms. The van der Waals surface area contributed by atoms with Crippen LogP contribution in [0.3, 0.4) is 0 Å². The topological polar surface area (TPSA) is 35.0 Å². The van der Waals surface area contributed by atoms with E-state index in [9.17, 15) is 0 Å². The molecular weight excluding hydrogens is 276 g/mol. The molecule has 1 heterocycles. The first-order valence-corrected chi connectivity index (χ1v) is 5.95. The summed E-state index contributed by atoms with van der Waals surface area (Å²) in [5.41, 5.74) is 2.14. The molecule has 0 unspecified atom stereocenters. The Hall–Kier alpha value is -0.940. The van der Waals surface area contributed by atoms with Crippen molar-refractivity contribution in [2.24, 2.45) is 0 Å². The average molecular weight is 285 g/mol. The van der Waals surface area contributed by atoms with Gasteiger partial charge in [-0.1, -0.05) is 23.5 Å². The van der Waals surface area contributed by atoms with Crippen LogP contribution in [0, 0.1) is 6.92 Å². The van der Waals surface area contributed by atoms with Gasteiger partial charge in [-0.25, -0.2) is 0 Å². The van der Waals surface area contributed by atoms with Crippen LogP contribution in [0.2, 0.25) is 0 Å². The van der Waals surface area contributed by atoms with Crippen LogP contribution in [0.4, 0.5) is 0 Å². The molecule has 3 nitrogen and oxygen atoms in total. The number of aromatic nitrogens is 2. The van der Waals surface area contributed by atoms with Gasteiger partial charge >= 0.3 is 0 Å². The van der Waals surface area contributed by atoms with Gasteiger partial charge in [0.15, 0.2) is 3.92 Å². The number of hydrogen-bond donors (Lipinski definition) is 0. The maximum atomic E-state index is 5.26. The third-order valence-electron chi connectivity index (χ3n) is 2.06. The van der Waals surface area contributed by atoms with Crippen molar-refractivity contribution in [1.82, 2.24) is 10.2 Å². The minimum absolute atomic E-state index is 0.789. The number of benzene rings is 1. The first-order chi connectivity index (χ1) is 7.20. The van der Waals surface area contributed by atoms with Gasteiger partial charge in [0.05, 0.1) is 7.11 Å². The van der Waals surface area contributed by atoms with E-state index in [0.29, 0.717) is 0 Å². The molecule has 5 heteroatoms. The van der Waals surface area contributed by atoms with Crippen molar-refractivity contribution < 1.29 is 4.74 Å². The highest BCUT2D eigenvalue weighted by molar-refractivity contribution is 9.11. The van der Waals surface area contributed by atoms with Crippen molar-refractivity contribution in [1.29, 1.82) is 0 Å². The number of rotatable bonds is 2. The Bertz CT molecular complexity index is 484. The van der Waals surface area contributed by atoms with Crippen molar-refractivity contribution in [3.05, 3.63) is 27.7 Å². The SMILES string of the molecule is COc1cc(-c2nnc(Br)s2)ccc1C. The van der Waals surface area contributed by atoms with E-state index >= 15 is 0 Å². The molecule has 1 aromatic carbocycles. The van der Waals surface area contributed by atoms with E-state index in [1.165, 1.54) is 11.3 Å². The summed E-state index contributed by atoms with van der Waals surface area (Å²) < 4.78 is 6.05. The molecule has 0 fully saturated rings. The number of ether oxygens (including phenoxy) is 1. The lowest BCUT2D eigenvalue weighted by Gasteiger charge is -2.05. The predicted molar refractivity (Wildman–Crippen MR) is 64.3 cm³/mol. The zero-order valence-corrected chi connectivity index (χ0v) is 10.7. The minimum Gasteiger partial charge on any atom is -0.496 e. The Kier molecular flexibility index (Phi) is 3.02. The summed E-state index contributed by atoms with van der Waals surface area (Å²) in [6, 6.07) is 6.01. The molecule has 2 aromatic rings. The van der Waals surface area contributed by atoms with Gasteiger partial charge in [-0.3, -0.25) is 0 Å². The summed E-state index contributed by atoms with van der Waals surface area (Å²) in [6.45, 7) is 2.01. The molecule has 0 aliphatic rings. The maximum absolute atomic E-state index is 5.26. The third-order valence-corrected chi connectivity index (χ3v) is 3.46. The number of nitrogens with zero attached hydrogens (tertiary/aromatic N) is 2. The van der Waals surface area contributed by atoms with Crippen LogP contribution in [0.5, 0.6) is 5.75 Å². The monoisotopic (exact) mass is 284 g/mol. The third kappa shape index (κ3) is 2.18. The Morgan fingerprint density at radius 2 is 2.13 bits per heavy atom. The summed E-state index contributed by atoms with van der Waals surface area (Å²) in [6.07, 6.45) is 0. The lowest BCUT2D eigenvalue weighted by molar-refractivity contribution is 0.412. The highest BCUT2D eigenvalue weighted by Crippen LogP contribution is 2.30. The van der Waals surface area contributed by atoms with Gasteiger partial charge in [0.1, 0.15) is 10.8 Å². The van der Waals surface area contributed by atoms with Crippen LogP contribution < -0.4 is 4.74 Å². The minimum atomic E-state index is 0.789. The van der Waals surface area contributed by atoms with Crippen LogP contribution in [-0.4, -0.2) is 17.3 Å². The van der Waals surface area contributed by atoms with Gasteiger partial charge in [0, 0.05) is 5.56 Å². The summed E-state index contributed by atoms with van der Waals surface area (Å²) in [5.74, 6) is 0.874. The molecular formula is C10H9BrN2OS. The molecule has 0 N–H and O–H groups in total. The van der Waals surface area contributed by atoms with Crippen LogP contribution in [-0.2, 0) is 0 Å². The Morgan fingerprint density at radius 3 is 2.73 bits per heavy atom. The van der Waals surface area contributed by atoms with Crippen LogP contribution in [0.25, 0.3) is 10.6 Å². The molecule has 0 bridgehead atoms. The number of hydrogen-bond acceptors (Lipinski definition) is 4. The van der Waals surface area contributed by atoms with Crippen molar-refractivity contribution in [3.63, 3.8) is 0 Å². The van der Waals surface area contributed by atoms with Gasteiger partial charge in [0.25, 0.3) is 0 Å². The quantitative estimate of drug-likeness (QED) is 0.849. The molecule has 0 aliphatic carbocycles. The van der Waals surface area contributed by atoms with E-state index in [4.69, 9.17) is 4.74 Å². The molecule has 0 atom stereocenters. The van der Waals surface area contributed by atoms with Gasteiger partial charge in [0.2, 0.25) is 0 Å². The van der Waals surface area contributed by atoms with E-state index in [2.05, 4.69) is 26.1 Å². The standard InChI is InChI=1S/C10H9BrN2OS/c1-6-3-4-7(5-8(6)14-2)9-12-13-10(11)15-9/h3-5H,1-2H3. The Balaban J connectivity index is 2.45. The highest BCUT2D eigenvalue weighted by atomic mass is 79.9. The van der Waals surface area contributed by atoms with E-state index < -0.39 is 0 Å². The van der Waals surface area contributed by atoms with E-state index in [1.54, 1.807) is 7.11 Å². The normalized spacial score (nSPS) is 10.3. The summed E-state index contributed by atoms with van der Waals surface area (Å²) in [4.78, 5) is 0. The molecule has 0 aliphatic heterocycles. The van der Waals surface area contributed by atoms with Crippen molar-refractivity contribution in [2.75, 3.05) is 7.11 Å². The first-order valence-electron chi connectivity index (χ1n) is 4.34. The summed E-state index contributed by atoms with van der Waals surface area (Å²) in [5, 5.41) is 8.86. The van der Waals surface area contributed by atoms with Gasteiger partial charge in [-0.2, -0.15) is 0 Å². The second-order valence-corrected chi connectivity index (χ2v) is 5.30. The van der Waals surface area contributed by atoms with Crippen molar-refractivity contribution in [3.8, 4) is 16.3 Å². The fourth-order valence-corrected chi connectivity index (χ4v) is 2.38. The Labute approximate surface area is 100 Å². The smallest absolute Gasteiger partial charge is 0.183 e. The molecule has 0 saturated heterocycles. The van der Waals surface area contributed by atoms with Gasteiger partial charge in [-0.15, -0.1) is 10.2 Å². The predicted octanol–water partition coefficient (Wildman–Crippen LogP) is 3.28. The molecule has 1 aromatic heterocycles. The van der Waals surface area contributed by atoms with Crippen molar-refractivity contribution in [2.45, 2.75) is 6.92 Å². The molecule has 2 rings (SSSR count). The zero-order valence-electron chi connectivity index (χ0n) is 8.32. The zero-order chi connectivity index (χ0) is 10.8. The molecule has 78 valence electrons. The summed E-state index contributed by atoms with van der Waals surface area (Å²) >= 11 is 4.80. The molecule has 15 heavy (non-hydrogen) atoms. The summed E-state index contributed by atoms with van der Waals surface area (Å²) in [7, 11) is 1.67. The van der Waals surface area contributed by atoms with Crippen LogP contribution in [0.15, 0.2) is 22.1 Å². The number of aryl methyl sites for hydroxylation is 1. The fraction of sp³-hybridized carbons (Fsp3) is 0.200. The number of methoxy groups -OCH3 is 1. The van der Waals surface area contributed by atoms with E-state index in [1.807, 2.05) is 25.1 Å². The lowest BCUT2D eigenvalue weighted by atomic mass is 10.1. The average Bonchev–Trinajstić information content (AvgIpc) is 2.66. The van der Waals surface area contributed by atoms with Gasteiger partial charge < -0.3 is 4.74 Å². The van der Waals surface area contributed by atoms with E-state index in [-0.39, 0.29) is 0 Å². The van der Waals surface area contributed by atoms with E-state index in [0.717, 1.165) is 25.8 Å². The molecule has 0 radical (unpaired) electrons. The lowest BCUT2D eigenvalue weighted by Crippen LogP contribution is -1.87. The van der Waals surface area contributed by atoms with Gasteiger partial charge in [-0.05, 0) is 34.5 Å². The largest absolute Gasteiger partial charge is 0.496 e. The fourth-order valence-electron chi connectivity index (χ4n) is 1.28. The first kappa shape index (κ1) is 10.6. The Morgan fingerprint density at radius 1 is 1.33 bits per heavy atom. The van der Waals surface area contributed by atoms with Crippen LogP contribution >= 0.6 is 27.3 Å². The molecule has 0 saturated carbocycles. The highest BCUT2D eigenvalue weighted by Gasteiger charge is 2.07. The second-order valence-electron chi connectivity index (χ2n) is 3.04. The maximum Gasteiger partial charge on any atom is 0.183 e. The second kappa shape index (κ2) is 4.28. The van der Waals surface area contributed by atoms with Crippen LogP contribution in [0.1, 0.15) is 5.56 Å². The molecule has 0 amide bonds. The van der Waals surface area contributed by atoms with Crippen molar-refractivity contribution >= 4 is 27.3 Å². The number of halogens is 1.